The predicted octanol–water partition coefficient (Wildman–Crippen LogP) is 1.43. The fourth-order valence-electron chi connectivity index (χ4n) is 3.31. The summed E-state index contributed by atoms with van der Waals surface area (Å²) in [4.78, 5) is 23.8. The largest absolute Gasteiger partial charge is 0.503 e. The van der Waals surface area contributed by atoms with Gasteiger partial charge >= 0.3 is 0 Å². The minimum Gasteiger partial charge on any atom is -0.503 e. The number of carbonyl (C=O) groups excluding carboxylic acids is 1. The first-order valence-electron chi connectivity index (χ1n) is 8.65. The van der Waals surface area contributed by atoms with Gasteiger partial charge in [-0.05, 0) is 24.0 Å². The van der Waals surface area contributed by atoms with Gasteiger partial charge < -0.3 is 10.4 Å². The minimum absolute atomic E-state index is 0.131. The third-order valence-electron chi connectivity index (χ3n) is 5.01. The average Bonchev–Trinajstić information content (AvgIpc) is 3.25. The molecule has 3 N–H and O–H groups in total. The van der Waals surface area contributed by atoms with Gasteiger partial charge in [-0.25, -0.2) is 0 Å². The fourth-order valence-corrected chi connectivity index (χ4v) is 3.31. The lowest BCUT2D eigenvalue weighted by Crippen LogP contribution is -2.30. The van der Waals surface area contributed by atoms with Crippen LogP contribution < -0.4 is 10.7 Å². The molecule has 1 aliphatic carbocycles. The van der Waals surface area contributed by atoms with E-state index < -0.39 is 17.1 Å². The summed E-state index contributed by atoms with van der Waals surface area (Å²) < 4.78 is 1.48. The average molecular weight is 365 g/mol. The Bertz CT molecular complexity index is 1050. The van der Waals surface area contributed by atoms with Crippen LogP contribution in [-0.2, 0) is 12.0 Å². The lowest BCUT2D eigenvalue weighted by molar-refractivity contribution is 0.0953. The van der Waals surface area contributed by atoms with Gasteiger partial charge in [0.05, 0.1) is 18.9 Å². The summed E-state index contributed by atoms with van der Waals surface area (Å²) in [5.74, 6) is -1.09. The molecule has 1 aliphatic rings. The minimum atomic E-state index is -0.766. The molecule has 1 fully saturated rings. The van der Waals surface area contributed by atoms with Gasteiger partial charge in [-0.1, -0.05) is 24.3 Å². The Morgan fingerprint density at radius 2 is 2.19 bits per heavy atom. The van der Waals surface area contributed by atoms with Crippen molar-refractivity contribution in [1.82, 2.24) is 25.3 Å². The van der Waals surface area contributed by atoms with Gasteiger partial charge in [0.25, 0.3) is 11.3 Å². The van der Waals surface area contributed by atoms with Crippen molar-refractivity contribution < 1.29 is 9.90 Å². The number of carbonyl (C=O) groups is 1. The molecule has 0 unspecified atom stereocenters. The summed E-state index contributed by atoms with van der Waals surface area (Å²) in [5.41, 5.74) is 2.03. The second-order valence-corrected chi connectivity index (χ2v) is 6.82. The van der Waals surface area contributed by atoms with Crippen LogP contribution >= 0.6 is 0 Å². The molecule has 8 heteroatoms. The number of benzene rings is 1. The first kappa shape index (κ1) is 17.0. The zero-order valence-electron chi connectivity index (χ0n) is 14.8. The Labute approximate surface area is 154 Å². The number of hydrogen-bond acceptors (Lipinski definition) is 5. The number of rotatable bonds is 5. The number of aromatic amines is 1. The Morgan fingerprint density at radius 1 is 1.37 bits per heavy atom. The molecule has 0 aliphatic heterocycles. The highest BCUT2D eigenvalue weighted by Crippen LogP contribution is 2.50. The van der Waals surface area contributed by atoms with Crippen molar-refractivity contribution in [2.45, 2.75) is 24.8 Å². The molecule has 3 aromatic rings. The molecule has 1 saturated carbocycles. The van der Waals surface area contributed by atoms with Crippen molar-refractivity contribution in [3.05, 3.63) is 64.3 Å². The molecule has 0 saturated heterocycles. The summed E-state index contributed by atoms with van der Waals surface area (Å²) in [6, 6.07) is 8.22. The van der Waals surface area contributed by atoms with E-state index in [2.05, 4.69) is 32.7 Å². The molecule has 1 aromatic carbocycles. The highest BCUT2D eigenvalue weighted by Gasteiger charge is 2.45. The highest BCUT2D eigenvalue weighted by atomic mass is 16.3. The van der Waals surface area contributed by atoms with Crippen molar-refractivity contribution in [3.63, 3.8) is 0 Å². The number of H-pyrrole nitrogens is 1. The van der Waals surface area contributed by atoms with Crippen LogP contribution in [0.15, 0.2) is 47.7 Å². The third kappa shape index (κ3) is 3.10. The molecule has 0 bridgehead atoms. The molecule has 27 heavy (non-hydrogen) atoms. The second-order valence-electron chi connectivity index (χ2n) is 6.82. The lowest BCUT2D eigenvalue weighted by atomic mass is 9.93. The van der Waals surface area contributed by atoms with Gasteiger partial charge in [-0.15, -0.1) is 0 Å². The molecule has 0 spiro atoms. The van der Waals surface area contributed by atoms with Gasteiger partial charge in [0, 0.05) is 24.2 Å². The molecule has 138 valence electrons. The zero-order valence-corrected chi connectivity index (χ0v) is 14.8. The first-order chi connectivity index (χ1) is 13.0. The summed E-state index contributed by atoms with van der Waals surface area (Å²) in [6.07, 6.45) is 6.83. The molecule has 0 radical (unpaired) electrons. The second kappa shape index (κ2) is 6.39. The van der Waals surface area contributed by atoms with E-state index in [1.54, 1.807) is 6.20 Å². The van der Waals surface area contributed by atoms with Gasteiger partial charge in [0.1, 0.15) is 0 Å². The molecule has 1 amide bonds. The van der Waals surface area contributed by atoms with Gasteiger partial charge in [-0.2, -0.15) is 10.2 Å². The summed E-state index contributed by atoms with van der Waals surface area (Å²) in [6.45, 7) is 0.472. The number of nitrogens with zero attached hydrogens (tertiary/aromatic N) is 3. The monoisotopic (exact) mass is 365 g/mol. The molecule has 0 atom stereocenters. The van der Waals surface area contributed by atoms with Gasteiger partial charge in [0.2, 0.25) is 0 Å². The maximum Gasteiger partial charge on any atom is 0.275 e. The number of aromatic nitrogens is 4. The van der Waals surface area contributed by atoms with Crippen LogP contribution in [0, 0.1) is 0 Å². The van der Waals surface area contributed by atoms with E-state index in [0.29, 0.717) is 6.54 Å². The SMILES string of the molecule is CNC(=O)c1nn(CC2(c3cccc(-c4cn[nH]c4)c3)CC2)cc(O)c1=O. The van der Waals surface area contributed by atoms with Crippen LogP contribution in [0.5, 0.6) is 5.75 Å². The number of hydrogen-bond donors (Lipinski definition) is 3. The standard InChI is InChI=1S/C19H19N5O3/c1-20-18(27)16-17(26)15(25)10-24(23-16)11-19(5-6-19)14-4-2-3-12(7-14)13-8-21-22-9-13/h2-4,7-10,25H,5-6,11H2,1H3,(H,20,27)(H,21,22). The van der Waals surface area contributed by atoms with E-state index >= 15 is 0 Å². The zero-order chi connectivity index (χ0) is 19.0. The Hall–Kier alpha value is -3.42. The van der Waals surface area contributed by atoms with E-state index in [1.165, 1.54) is 17.9 Å². The normalized spacial score (nSPS) is 14.7. The third-order valence-corrected chi connectivity index (χ3v) is 5.01. The van der Waals surface area contributed by atoms with Crippen LogP contribution in [0.4, 0.5) is 0 Å². The van der Waals surface area contributed by atoms with E-state index in [-0.39, 0.29) is 11.1 Å². The summed E-state index contributed by atoms with van der Waals surface area (Å²) in [5, 5.41) is 23.2. The number of amides is 1. The molecule has 4 rings (SSSR count). The van der Waals surface area contributed by atoms with E-state index in [4.69, 9.17) is 0 Å². The number of nitrogens with one attached hydrogen (secondary N) is 2. The molecule has 2 aromatic heterocycles. The van der Waals surface area contributed by atoms with Crippen LogP contribution in [0.25, 0.3) is 11.1 Å². The van der Waals surface area contributed by atoms with E-state index in [1.807, 2.05) is 18.3 Å². The summed E-state index contributed by atoms with van der Waals surface area (Å²) >= 11 is 0. The molecular formula is C19H19N5O3. The van der Waals surface area contributed by atoms with Crippen LogP contribution in [0.1, 0.15) is 28.9 Å². The fraction of sp³-hybridized carbons (Fsp3) is 0.263. The van der Waals surface area contributed by atoms with Crippen LogP contribution in [-0.4, -0.2) is 38.0 Å². The Balaban J connectivity index is 1.67. The smallest absolute Gasteiger partial charge is 0.275 e. The maximum absolute atomic E-state index is 12.0. The first-order valence-corrected chi connectivity index (χ1v) is 8.65. The van der Waals surface area contributed by atoms with Crippen molar-refractivity contribution in [1.29, 1.82) is 0 Å². The predicted molar refractivity (Wildman–Crippen MR) is 98.5 cm³/mol. The highest BCUT2D eigenvalue weighted by molar-refractivity contribution is 5.92. The van der Waals surface area contributed by atoms with Gasteiger partial charge in [0.15, 0.2) is 11.4 Å². The molecule has 2 heterocycles. The molecule has 8 nitrogen and oxygen atoms in total. The maximum atomic E-state index is 12.0. The van der Waals surface area contributed by atoms with E-state index in [9.17, 15) is 14.7 Å². The van der Waals surface area contributed by atoms with E-state index in [0.717, 1.165) is 29.5 Å². The van der Waals surface area contributed by atoms with Crippen molar-refractivity contribution in [3.8, 4) is 16.9 Å². The van der Waals surface area contributed by atoms with Crippen LogP contribution in [0.2, 0.25) is 0 Å². The quantitative estimate of drug-likeness (QED) is 0.633. The Morgan fingerprint density at radius 3 is 2.85 bits per heavy atom. The van der Waals surface area contributed by atoms with Crippen molar-refractivity contribution >= 4 is 5.91 Å². The van der Waals surface area contributed by atoms with Crippen molar-refractivity contribution in [2.24, 2.45) is 0 Å². The Kier molecular flexibility index (Phi) is 4.02. The molecular weight excluding hydrogens is 346 g/mol. The number of aromatic hydroxyl groups is 1. The summed E-state index contributed by atoms with van der Waals surface area (Å²) in [7, 11) is 1.42. The van der Waals surface area contributed by atoms with Crippen molar-refractivity contribution in [2.75, 3.05) is 7.05 Å². The van der Waals surface area contributed by atoms with Crippen LogP contribution in [0.3, 0.4) is 0 Å². The lowest BCUT2D eigenvalue weighted by Gasteiger charge is -2.18. The topological polar surface area (TPSA) is 113 Å². The van der Waals surface area contributed by atoms with Gasteiger partial charge in [-0.3, -0.25) is 19.4 Å².